The van der Waals surface area contributed by atoms with Gasteiger partial charge in [-0.05, 0) is 31.2 Å². The van der Waals surface area contributed by atoms with Gasteiger partial charge in [-0.2, -0.15) is 0 Å². The quantitative estimate of drug-likeness (QED) is 0.561. The van der Waals surface area contributed by atoms with Gasteiger partial charge in [0.05, 0.1) is 11.2 Å². The Morgan fingerprint density at radius 2 is 2.14 bits per heavy atom. The van der Waals surface area contributed by atoms with E-state index < -0.39 is 5.82 Å². The lowest BCUT2D eigenvalue weighted by molar-refractivity contribution is -0.118. The molecule has 0 bridgehead atoms. The van der Waals surface area contributed by atoms with E-state index >= 15 is 0 Å². The van der Waals surface area contributed by atoms with Gasteiger partial charge in [-0.1, -0.05) is 24.4 Å². The molecule has 2 atom stereocenters. The Morgan fingerprint density at radius 1 is 1.31 bits per heavy atom. The molecule has 1 amide bonds. The van der Waals surface area contributed by atoms with Gasteiger partial charge >= 0.3 is 0 Å². The lowest BCUT2D eigenvalue weighted by Gasteiger charge is -2.32. The zero-order chi connectivity index (χ0) is 20.4. The van der Waals surface area contributed by atoms with E-state index in [2.05, 4.69) is 25.3 Å². The van der Waals surface area contributed by atoms with Crippen LogP contribution in [0.25, 0.3) is 22.4 Å². The van der Waals surface area contributed by atoms with Crippen LogP contribution in [0.3, 0.4) is 0 Å². The van der Waals surface area contributed by atoms with Gasteiger partial charge in [0.15, 0.2) is 17.5 Å². The second-order valence-corrected chi connectivity index (χ2v) is 7.88. The number of amides is 1. The van der Waals surface area contributed by atoms with Crippen molar-refractivity contribution >= 4 is 34.4 Å². The van der Waals surface area contributed by atoms with Crippen molar-refractivity contribution in [3.8, 4) is 11.4 Å². The van der Waals surface area contributed by atoms with Crippen LogP contribution in [0, 0.1) is 11.7 Å². The third kappa shape index (κ3) is 4.32. The molecule has 3 aromatic rings. The van der Waals surface area contributed by atoms with Gasteiger partial charge < -0.3 is 16.0 Å². The molecule has 1 aliphatic rings. The number of aromatic amines is 1. The molecular formula is C20H22ClFN6O. The number of nitrogens with one attached hydrogen (secondary N) is 2. The highest BCUT2D eigenvalue weighted by atomic mass is 35.5. The first-order valence-electron chi connectivity index (χ1n) is 9.71. The average Bonchev–Trinajstić information content (AvgIpc) is 3.12. The largest absolute Gasteiger partial charge is 0.370 e. The maximum absolute atomic E-state index is 14.5. The van der Waals surface area contributed by atoms with Gasteiger partial charge in [0.2, 0.25) is 5.91 Å². The molecule has 1 aliphatic carbocycles. The highest BCUT2D eigenvalue weighted by Gasteiger charge is 2.26. The molecule has 4 N–H and O–H groups in total. The molecule has 1 unspecified atom stereocenters. The molecule has 1 fully saturated rings. The van der Waals surface area contributed by atoms with Gasteiger partial charge in [-0.15, -0.1) is 0 Å². The molecule has 0 aliphatic heterocycles. The number of fused-ring (bicyclic) bond motifs is 1. The maximum atomic E-state index is 14.5. The van der Waals surface area contributed by atoms with E-state index in [0.717, 1.165) is 31.1 Å². The smallest absolute Gasteiger partial charge is 0.217 e. The monoisotopic (exact) mass is 416 g/mol. The Morgan fingerprint density at radius 3 is 2.97 bits per heavy atom. The van der Waals surface area contributed by atoms with Gasteiger partial charge in [0.1, 0.15) is 5.65 Å². The first-order valence-corrected chi connectivity index (χ1v) is 10.1. The Hall–Kier alpha value is -2.74. The maximum Gasteiger partial charge on any atom is 0.217 e. The van der Waals surface area contributed by atoms with Crippen molar-refractivity contribution in [1.82, 2.24) is 19.9 Å². The number of pyridine rings is 1. The van der Waals surface area contributed by atoms with Crippen molar-refractivity contribution in [1.29, 1.82) is 0 Å². The van der Waals surface area contributed by atoms with Gasteiger partial charge in [0, 0.05) is 35.8 Å². The fourth-order valence-corrected chi connectivity index (χ4v) is 4.17. The lowest BCUT2D eigenvalue weighted by atomic mass is 9.81. The summed E-state index contributed by atoms with van der Waals surface area (Å²) in [5.74, 6) is -0.0189. The molecule has 0 saturated heterocycles. The number of H-pyrrole nitrogens is 1. The molecule has 7 nitrogen and oxygen atoms in total. The first-order chi connectivity index (χ1) is 14.0. The second-order valence-electron chi connectivity index (χ2n) is 7.44. The number of primary amides is 1. The molecule has 29 heavy (non-hydrogen) atoms. The van der Waals surface area contributed by atoms with E-state index in [1.165, 1.54) is 6.20 Å². The first kappa shape index (κ1) is 19.6. The Bertz CT molecular complexity index is 1040. The average molecular weight is 417 g/mol. The van der Waals surface area contributed by atoms with Crippen LogP contribution in [-0.4, -0.2) is 31.9 Å². The molecule has 152 valence electrons. The summed E-state index contributed by atoms with van der Waals surface area (Å²) in [7, 11) is 0. The van der Waals surface area contributed by atoms with Crippen molar-refractivity contribution in [2.75, 3.05) is 5.32 Å². The predicted molar refractivity (Wildman–Crippen MR) is 110 cm³/mol. The molecule has 0 aromatic carbocycles. The third-order valence-corrected chi connectivity index (χ3v) is 5.68. The number of carbonyl (C=O) groups excluding carboxylic acids is 1. The number of halogens is 2. The molecule has 3 heterocycles. The van der Waals surface area contributed by atoms with Crippen LogP contribution in [0.5, 0.6) is 0 Å². The Labute approximate surface area is 172 Å². The summed E-state index contributed by atoms with van der Waals surface area (Å²) in [5, 5.41) is 4.52. The molecule has 9 heteroatoms. The fourth-order valence-electron chi connectivity index (χ4n) is 4.01. The van der Waals surface area contributed by atoms with E-state index in [-0.39, 0.29) is 23.7 Å². The van der Waals surface area contributed by atoms with Gasteiger partial charge in [-0.25, -0.2) is 19.3 Å². The topological polar surface area (TPSA) is 110 Å². The summed E-state index contributed by atoms with van der Waals surface area (Å²) in [6.07, 6.45) is 9.52. The lowest BCUT2D eigenvalue weighted by Crippen LogP contribution is -2.33. The zero-order valence-electron chi connectivity index (χ0n) is 15.8. The van der Waals surface area contributed by atoms with Crippen molar-refractivity contribution in [3.63, 3.8) is 0 Å². The van der Waals surface area contributed by atoms with Gasteiger partial charge in [-0.3, -0.25) is 4.79 Å². The summed E-state index contributed by atoms with van der Waals surface area (Å²) < 4.78 is 14.5. The number of carbonyl (C=O) groups is 1. The normalized spacial score (nSPS) is 19.4. The zero-order valence-corrected chi connectivity index (χ0v) is 16.5. The van der Waals surface area contributed by atoms with Crippen molar-refractivity contribution in [2.45, 2.75) is 44.6 Å². The van der Waals surface area contributed by atoms with Crippen LogP contribution in [0.2, 0.25) is 5.02 Å². The molecule has 4 rings (SSSR count). The summed E-state index contributed by atoms with van der Waals surface area (Å²) in [4.78, 5) is 27.1. The number of aromatic nitrogens is 4. The minimum absolute atomic E-state index is 0.0411. The second kappa shape index (κ2) is 8.32. The van der Waals surface area contributed by atoms with E-state index in [9.17, 15) is 9.18 Å². The van der Waals surface area contributed by atoms with Crippen molar-refractivity contribution in [3.05, 3.63) is 35.5 Å². The summed E-state index contributed by atoms with van der Waals surface area (Å²) >= 11 is 6.07. The minimum Gasteiger partial charge on any atom is -0.370 e. The van der Waals surface area contributed by atoms with E-state index in [0.29, 0.717) is 34.9 Å². The predicted octanol–water partition coefficient (Wildman–Crippen LogP) is 4.05. The Balaban J connectivity index is 1.61. The molecule has 0 radical (unpaired) electrons. The number of nitrogens with two attached hydrogens (primary N) is 1. The van der Waals surface area contributed by atoms with Crippen LogP contribution >= 0.6 is 11.6 Å². The number of hydrogen-bond donors (Lipinski definition) is 3. The number of nitrogens with zero attached hydrogens (tertiary/aromatic N) is 3. The summed E-state index contributed by atoms with van der Waals surface area (Å²) in [5.41, 5.74) is 6.66. The van der Waals surface area contributed by atoms with Crippen LogP contribution in [0.15, 0.2) is 24.7 Å². The summed E-state index contributed by atoms with van der Waals surface area (Å²) in [6.45, 7) is 0. The van der Waals surface area contributed by atoms with Gasteiger partial charge in [0.25, 0.3) is 0 Å². The van der Waals surface area contributed by atoms with Crippen LogP contribution in [-0.2, 0) is 4.79 Å². The number of hydrogen-bond acceptors (Lipinski definition) is 5. The number of rotatable bonds is 6. The standard InChI is InChI=1S/C20H22ClFN6O/c21-12-7-13-14(9-25-18(13)24-8-12)19-26-10-15(22)20(28-19)27-16-4-2-1-3-11(16)5-6-17(23)29/h7-11,16H,1-6H2,(H2,23,29)(H,24,25)(H,26,27,28)/t11?,16-/m0/s1. The van der Waals surface area contributed by atoms with E-state index in [1.807, 2.05) is 0 Å². The van der Waals surface area contributed by atoms with Crippen molar-refractivity contribution < 1.29 is 9.18 Å². The van der Waals surface area contributed by atoms with E-state index in [1.54, 1.807) is 18.5 Å². The third-order valence-electron chi connectivity index (χ3n) is 5.48. The molecule has 1 saturated carbocycles. The number of anilines is 1. The van der Waals surface area contributed by atoms with Crippen LogP contribution < -0.4 is 11.1 Å². The summed E-state index contributed by atoms with van der Waals surface area (Å²) in [6, 6.07) is 1.82. The molecule has 3 aromatic heterocycles. The fraction of sp³-hybridized carbons (Fsp3) is 0.400. The van der Waals surface area contributed by atoms with E-state index in [4.69, 9.17) is 17.3 Å². The molecular weight excluding hydrogens is 395 g/mol. The highest BCUT2D eigenvalue weighted by Crippen LogP contribution is 2.32. The molecule has 0 spiro atoms. The van der Waals surface area contributed by atoms with Crippen LogP contribution in [0.1, 0.15) is 38.5 Å². The minimum atomic E-state index is -0.510. The van der Waals surface area contributed by atoms with Crippen LogP contribution in [0.4, 0.5) is 10.2 Å². The Kier molecular flexibility index (Phi) is 5.62. The van der Waals surface area contributed by atoms with Crippen molar-refractivity contribution in [2.24, 2.45) is 11.7 Å². The highest BCUT2D eigenvalue weighted by molar-refractivity contribution is 6.31. The SMILES string of the molecule is NC(=O)CCC1CCCC[C@@H]1Nc1nc(-c2c[nH]c3ncc(Cl)cc23)ncc1F.